The van der Waals surface area contributed by atoms with Gasteiger partial charge in [-0.3, -0.25) is 0 Å². The lowest BCUT2D eigenvalue weighted by Gasteiger charge is -2.41. The molecular formula is C13H18BrNO2S. The van der Waals surface area contributed by atoms with Gasteiger partial charge in [-0.2, -0.15) is 0 Å². The van der Waals surface area contributed by atoms with E-state index in [4.69, 9.17) is 0 Å². The summed E-state index contributed by atoms with van der Waals surface area (Å²) in [5.74, 6) is 0. The maximum absolute atomic E-state index is 12.3. The summed E-state index contributed by atoms with van der Waals surface area (Å²) < 4.78 is 27.4. The molecule has 100 valence electrons. The van der Waals surface area contributed by atoms with Crippen LogP contribution in [-0.4, -0.2) is 14.0 Å². The summed E-state index contributed by atoms with van der Waals surface area (Å²) in [6.07, 6.45) is 3.86. The Morgan fingerprint density at radius 3 is 2.28 bits per heavy atom. The lowest BCUT2D eigenvalue weighted by Crippen LogP contribution is -2.52. The number of benzene rings is 1. The number of hydrogen-bond donors (Lipinski definition) is 1. The van der Waals surface area contributed by atoms with Gasteiger partial charge in [0.1, 0.15) is 0 Å². The highest BCUT2D eigenvalue weighted by atomic mass is 79.9. The summed E-state index contributed by atoms with van der Waals surface area (Å²) in [4.78, 5) is 0.354. The quantitative estimate of drug-likeness (QED) is 0.842. The van der Waals surface area contributed by atoms with E-state index in [0.29, 0.717) is 4.90 Å². The second-order valence-electron chi connectivity index (χ2n) is 4.87. The SMILES string of the molecule is CCC1(NS(=O)(=O)c2ccc(CBr)cc2)CCC1. The zero-order valence-corrected chi connectivity index (χ0v) is 12.9. The molecule has 0 bridgehead atoms. The van der Waals surface area contributed by atoms with Gasteiger partial charge in [-0.1, -0.05) is 35.0 Å². The van der Waals surface area contributed by atoms with Crippen LogP contribution in [0.1, 0.15) is 38.2 Å². The predicted octanol–water partition coefficient (Wildman–Crippen LogP) is 3.19. The van der Waals surface area contributed by atoms with Gasteiger partial charge in [-0.25, -0.2) is 13.1 Å². The highest BCUT2D eigenvalue weighted by molar-refractivity contribution is 9.08. The van der Waals surface area contributed by atoms with Gasteiger partial charge in [0.2, 0.25) is 10.0 Å². The molecule has 0 spiro atoms. The van der Waals surface area contributed by atoms with Gasteiger partial charge in [-0.15, -0.1) is 0 Å². The van der Waals surface area contributed by atoms with Crippen LogP contribution in [0.3, 0.4) is 0 Å². The molecule has 0 saturated heterocycles. The van der Waals surface area contributed by atoms with Crippen LogP contribution in [0, 0.1) is 0 Å². The normalized spacial score (nSPS) is 18.3. The highest BCUT2D eigenvalue weighted by Gasteiger charge is 2.38. The first-order chi connectivity index (χ1) is 8.51. The number of sulfonamides is 1. The van der Waals surface area contributed by atoms with Gasteiger partial charge >= 0.3 is 0 Å². The number of nitrogens with one attached hydrogen (secondary N) is 1. The van der Waals surface area contributed by atoms with Crippen LogP contribution >= 0.6 is 15.9 Å². The van der Waals surface area contributed by atoms with E-state index in [2.05, 4.69) is 20.7 Å². The summed E-state index contributed by atoms with van der Waals surface area (Å²) >= 11 is 3.35. The molecule has 2 rings (SSSR count). The van der Waals surface area contributed by atoms with Crippen LogP contribution in [0.5, 0.6) is 0 Å². The lowest BCUT2D eigenvalue weighted by molar-refractivity contribution is 0.214. The van der Waals surface area contributed by atoms with Gasteiger partial charge in [0.25, 0.3) is 0 Å². The first-order valence-electron chi connectivity index (χ1n) is 6.20. The van der Waals surface area contributed by atoms with Crippen molar-refractivity contribution in [3.05, 3.63) is 29.8 Å². The molecule has 0 radical (unpaired) electrons. The minimum Gasteiger partial charge on any atom is -0.207 e. The molecule has 5 heteroatoms. The van der Waals surface area contributed by atoms with Crippen LogP contribution in [0.15, 0.2) is 29.2 Å². The van der Waals surface area contributed by atoms with E-state index in [-0.39, 0.29) is 5.54 Å². The highest BCUT2D eigenvalue weighted by Crippen LogP contribution is 2.36. The molecule has 18 heavy (non-hydrogen) atoms. The van der Waals surface area contributed by atoms with E-state index in [1.165, 1.54) is 0 Å². The fraction of sp³-hybridized carbons (Fsp3) is 0.538. The molecule has 0 heterocycles. The van der Waals surface area contributed by atoms with Gasteiger partial charge in [0, 0.05) is 10.9 Å². The lowest BCUT2D eigenvalue weighted by atomic mass is 9.76. The Morgan fingerprint density at radius 2 is 1.89 bits per heavy atom. The summed E-state index contributed by atoms with van der Waals surface area (Å²) in [5, 5.41) is 0.736. The van der Waals surface area contributed by atoms with Crippen molar-refractivity contribution in [2.75, 3.05) is 0 Å². The van der Waals surface area contributed by atoms with Crippen molar-refractivity contribution in [1.29, 1.82) is 0 Å². The van der Waals surface area contributed by atoms with Crippen molar-refractivity contribution >= 4 is 26.0 Å². The van der Waals surface area contributed by atoms with Crippen molar-refractivity contribution in [2.45, 2.75) is 48.4 Å². The molecule has 1 aliphatic rings. The Bertz CT molecular complexity index is 501. The van der Waals surface area contributed by atoms with Gasteiger partial charge in [0.05, 0.1) is 4.90 Å². The van der Waals surface area contributed by atoms with Crippen molar-refractivity contribution in [2.24, 2.45) is 0 Å². The van der Waals surface area contributed by atoms with Crippen LogP contribution in [0.25, 0.3) is 0 Å². The van der Waals surface area contributed by atoms with Crippen molar-refractivity contribution in [3.8, 4) is 0 Å². The van der Waals surface area contributed by atoms with Crippen molar-refractivity contribution < 1.29 is 8.42 Å². The average Bonchev–Trinajstić information content (AvgIpc) is 2.34. The first-order valence-corrected chi connectivity index (χ1v) is 8.81. The van der Waals surface area contributed by atoms with E-state index in [1.807, 2.05) is 19.1 Å². The summed E-state index contributed by atoms with van der Waals surface area (Å²) in [6.45, 7) is 2.04. The third-order valence-corrected chi connectivity index (χ3v) is 5.97. The topological polar surface area (TPSA) is 46.2 Å². The molecule has 0 aliphatic heterocycles. The van der Waals surface area contributed by atoms with Gasteiger partial charge in [0.15, 0.2) is 0 Å². The minimum atomic E-state index is -3.38. The zero-order valence-electron chi connectivity index (χ0n) is 10.4. The van der Waals surface area contributed by atoms with Crippen LogP contribution in [0.4, 0.5) is 0 Å². The number of halogens is 1. The van der Waals surface area contributed by atoms with E-state index in [0.717, 1.165) is 36.6 Å². The molecule has 0 amide bonds. The van der Waals surface area contributed by atoms with Crippen molar-refractivity contribution in [3.63, 3.8) is 0 Å². The molecule has 1 aromatic carbocycles. The summed E-state index contributed by atoms with van der Waals surface area (Å²) in [6, 6.07) is 7.01. The zero-order chi connectivity index (χ0) is 13.2. The Morgan fingerprint density at radius 1 is 1.28 bits per heavy atom. The fourth-order valence-corrected chi connectivity index (χ4v) is 4.14. The Hall–Kier alpha value is -0.390. The van der Waals surface area contributed by atoms with Gasteiger partial charge in [-0.05, 0) is 43.4 Å². The molecule has 3 nitrogen and oxygen atoms in total. The monoisotopic (exact) mass is 331 g/mol. The molecular weight excluding hydrogens is 314 g/mol. The number of rotatable bonds is 5. The maximum Gasteiger partial charge on any atom is 0.241 e. The molecule has 1 N–H and O–H groups in total. The number of hydrogen-bond acceptors (Lipinski definition) is 2. The van der Waals surface area contributed by atoms with Crippen molar-refractivity contribution in [1.82, 2.24) is 4.72 Å². The molecule has 1 saturated carbocycles. The second kappa shape index (κ2) is 5.31. The van der Waals surface area contributed by atoms with Crippen LogP contribution in [-0.2, 0) is 15.4 Å². The van der Waals surface area contributed by atoms with Gasteiger partial charge < -0.3 is 0 Å². The Balaban J connectivity index is 2.19. The third kappa shape index (κ3) is 2.78. The average molecular weight is 332 g/mol. The molecule has 0 aromatic heterocycles. The van der Waals surface area contributed by atoms with E-state index in [1.54, 1.807) is 12.1 Å². The standard InChI is InChI=1S/C13H18BrNO2S/c1-2-13(8-3-9-13)15-18(16,17)12-6-4-11(10-14)5-7-12/h4-7,15H,2-3,8-10H2,1H3. The van der Waals surface area contributed by atoms with E-state index < -0.39 is 10.0 Å². The van der Waals surface area contributed by atoms with Crippen LogP contribution in [0.2, 0.25) is 0 Å². The molecule has 1 aliphatic carbocycles. The fourth-order valence-electron chi connectivity index (χ4n) is 2.23. The largest absolute Gasteiger partial charge is 0.241 e. The molecule has 1 fully saturated rings. The Labute approximate surface area is 117 Å². The summed E-state index contributed by atoms with van der Waals surface area (Å²) in [7, 11) is -3.38. The maximum atomic E-state index is 12.3. The second-order valence-corrected chi connectivity index (χ2v) is 7.11. The number of alkyl halides is 1. The molecule has 1 aromatic rings. The van der Waals surface area contributed by atoms with Crippen LogP contribution < -0.4 is 4.72 Å². The predicted molar refractivity (Wildman–Crippen MR) is 76.3 cm³/mol. The minimum absolute atomic E-state index is 0.201. The van der Waals surface area contributed by atoms with E-state index in [9.17, 15) is 8.42 Å². The third-order valence-electron chi connectivity index (χ3n) is 3.73. The molecule has 0 atom stereocenters. The molecule has 0 unspecified atom stereocenters. The van der Waals surface area contributed by atoms with E-state index >= 15 is 0 Å². The first kappa shape index (κ1) is 14.0. The smallest absolute Gasteiger partial charge is 0.207 e. The summed E-state index contributed by atoms with van der Waals surface area (Å²) in [5.41, 5.74) is 0.871. The Kier molecular flexibility index (Phi) is 4.14.